The molecule has 0 aromatic heterocycles. The second kappa shape index (κ2) is 11.1. The minimum atomic E-state index is 0.133. The number of hydrogen-bond acceptors (Lipinski definition) is 3. The molecule has 1 aliphatic carbocycles. The van der Waals surface area contributed by atoms with Crippen molar-refractivity contribution in [1.29, 1.82) is 0 Å². The monoisotopic (exact) mass is 400 g/mol. The van der Waals surface area contributed by atoms with Crippen LogP contribution in [0.3, 0.4) is 0 Å². The molecule has 2 fully saturated rings. The zero-order chi connectivity index (χ0) is 20.5. The van der Waals surface area contributed by atoms with Crippen LogP contribution in [-0.2, 0) is 4.79 Å². The number of nitrogens with zero attached hydrogens (tertiary/aromatic N) is 2. The third kappa shape index (κ3) is 6.38. The maximum atomic E-state index is 12.2. The molecule has 29 heavy (non-hydrogen) atoms. The van der Waals surface area contributed by atoms with Crippen molar-refractivity contribution in [3.05, 3.63) is 29.8 Å². The van der Waals surface area contributed by atoms with Crippen LogP contribution in [0.1, 0.15) is 63.4 Å². The van der Waals surface area contributed by atoms with Crippen LogP contribution in [0.4, 0.5) is 0 Å². The van der Waals surface area contributed by atoms with E-state index in [4.69, 9.17) is 9.73 Å². The molecule has 6 heteroatoms. The number of carbonyl (C=O) groups excluding carboxylic acids is 1. The van der Waals surface area contributed by atoms with Gasteiger partial charge >= 0.3 is 0 Å². The number of carbonyl (C=O) groups is 1. The molecule has 0 radical (unpaired) electrons. The van der Waals surface area contributed by atoms with E-state index >= 15 is 0 Å². The van der Waals surface area contributed by atoms with Gasteiger partial charge in [-0.25, -0.2) is 0 Å². The molecule has 1 aromatic rings. The lowest BCUT2D eigenvalue weighted by atomic mass is 9.95. The van der Waals surface area contributed by atoms with Crippen LogP contribution in [0.15, 0.2) is 29.3 Å². The highest BCUT2D eigenvalue weighted by atomic mass is 16.5. The fourth-order valence-electron chi connectivity index (χ4n) is 4.34. The number of benzene rings is 1. The van der Waals surface area contributed by atoms with E-state index < -0.39 is 0 Å². The first-order chi connectivity index (χ1) is 14.2. The lowest BCUT2D eigenvalue weighted by molar-refractivity contribution is -0.121. The molecular weight excluding hydrogens is 364 g/mol. The molecule has 1 aliphatic heterocycles. The molecule has 1 heterocycles. The summed E-state index contributed by atoms with van der Waals surface area (Å²) < 4.78 is 5.26. The van der Waals surface area contributed by atoms with Crippen LogP contribution in [0.5, 0.6) is 5.75 Å². The topological polar surface area (TPSA) is 66.0 Å². The average molecular weight is 401 g/mol. The Balaban J connectivity index is 1.49. The zero-order valence-electron chi connectivity index (χ0n) is 18.0. The Labute approximate surface area is 175 Å². The van der Waals surface area contributed by atoms with Gasteiger partial charge in [0.15, 0.2) is 5.96 Å². The van der Waals surface area contributed by atoms with E-state index in [2.05, 4.69) is 34.6 Å². The summed E-state index contributed by atoms with van der Waals surface area (Å²) in [6, 6.07) is 8.75. The van der Waals surface area contributed by atoms with Crippen LogP contribution >= 0.6 is 0 Å². The lowest BCUT2D eigenvalue weighted by Crippen LogP contribution is -2.40. The van der Waals surface area contributed by atoms with E-state index in [0.717, 1.165) is 50.6 Å². The summed E-state index contributed by atoms with van der Waals surface area (Å²) in [5, 5.41) is 6.57. The quantitative estimate of drug-likeness (QED) is 0.544. The third-order valence-electron chi connectivity index (χ3n) is 5.98. The third-order valence-corrected chi connectivity index (χ3v) is 5.98. The van der Waals surface area contributed by atoms with Gasteiger partial charge in [0.1, 0.15) is 5.75 Å². The predicted molar refractivity (Wildman–Crippen MR) is 118 cm³/mol. The molecule has 160 valence electrons. The van der Waals surface area contributed by atoms with Crippen LogP contribution < -0.4 is 15.4 Å². The number of ether oxygens (including phenoxy) is 1. The van der Waals surface area contributed by atoms with E-state index in [-0.39, 0.29) is 5.91 Å². The van der Waals surface area contributed by atoms with Crippen molar-refractivity contribution in [3.8, 4) is 5.75 Å². The summed E-state index contributed by atoms with van der Waals surface area (Å²) in [6.45, 7) is 5.38. The number of likely N-dealkylation sites (tertiary alicyclic amines) is 1. The fraction of sp³-hybridized carbons (Fsp3) is 0.652. The Morgan fingerprint density at radius 3 is 2.62 bits per heavy atom. The van der Waals surface area contributed by atoms with Crippen LogP contribution in [0.25, 0.3) is 0 Å². The maximum Gasteiger partial charge on any atom is 0.222 e. The molecule has 2 aliphatic rings. The summed E-state index contributed by atoms with van der Waals surface area (Å²) in [7, 11) is 1.70. The lowest BCUT2D eigenvalue weighted by Gasteiger charge is -2.23. The Kier molecular flexibility index (Phi) is 8.20. The smallest absolute Gasteiger partial charge is 0.222 e. The first-order valence-electron chi connectivity index (χ1n) is 11.2. The highest BCUT2D eigenvalue weighted by Gasteiger charge is 2.26. The van der Waals surface area contributed by atoms with Gasteiger partial charge in [0.25, 0.3) is 0 Å². The first kappa shape index (κ1) is 21.5. The largest absolute Gasteiger partial charge is 0.497 e. The summed E-state index contributed by atoms with van der Waals surface area (Å²) in [5.41, 5.74) is 1.34. The summed E-state index contributed by atoms with van der Waals surface area (Å²) in [6.07, 6.45) is 7.59. The van der Waals surface area contributed by atoms with Gasteiger partial charge in [-0.05, 0) is 43.9 Å². The van der Waals surface area contributed by atoms with Gasteiger partial charge in [0.2, 0.25) is 5.91 Å². The van der Waals surface area contributed by atoms with Gasteiger partial charge in [-0.15, -0.1) is 0 Å². The standard InChI is InChI=1S/C23H36N4O2/c1-3-24-23(25-15-13-22(28)26-20-7-5-4-6-8-20)27-16-14-19(17-27)18-9-11-21(29-2)12-10-18/h9-12,19-20H,3-8,13-17H2,1-2H3,(H,24,25)(H,26,28). The second-order valence-electron chi connectivity index (χ2n) is 8.09. The Morgan fingerprint density at radius 2 is 1.93 bits per heavy atom. The van der Waals surface area contributed by atoms with E-state index in [1.54, 1.807) is 7.11 Å². The van der Waals surface area contributed by atoms with Crippen molar-refractivity contribution in [2.24, 2.45) is 4.99 Å². The molecule has 1 saturated heterocycles. The SMILES string of the molecule is CCNC(=NCCC(=O)NC1CCCCC1)N1CCC(c2ccc(OC)cc2)C1. The number of guanidine groups is 1. The van der Waals surface area contributed by atoms with Gasteiger partial charge < -0.3 is 20.3 Å². The highest BCUT2D eigenvalue weighted by Crippen LogP contribution is 2.28. The number of nitrogens with one attached hydrogen (secondary N) is 2. The Bertz CT molecular complexity index is 668. The van der Waals surface area contributed by atoms with Crippen LogP contribution in [0, 0.1) is 0 Å². The van der Waals surface area contributed by atoms with Gasteiger partial charge in [0, 0.05) is 38.0 Å². The summed E-state index contributed by atoms with van der Waals surface area (Å²) in [5.74, 6) is 2.45. The number of hydrogen-bond donors (Lipinski definition) is 2. The van der Waals surface area contributed by atoms with E-state index in [0.29, 0.717) is 24.9 Å². The molecule has 1 atom stereocenters. The van der Waals surface area contributed by atoms with Crippen LogP contribution in [-0.4, -0.2) is 56.1 Å². The predicted octanol–water partition coefficient (Wildman–Crippen LogP) is 3.29. The van der Waals surface area contributed by atoms with Crippen LogP contribution in [0.2, 0.25) is 0 Å². The molecule has 0 bridgehead atoms. The van der Waals surface area contributed by atoms with Crippen molar-refractivity contribution in [3.63, 3.8) is 0 Å². The van der Waals surface area contributed by atoms with Gasteiger partial charge in [0.05, 0.1) is 13.7 Å². The van der Waals surface area contributed by atoms with E-state index in [1.165, 1.54) is 24.8 Å². The van der Waals surface area contributed by atoms with Crippen molar-refractivity contribution in [2.45, 2.75) is 63.8 Å². The van der Waals surface area contributed by atoms with Crippen molar-refractivity contribution < 1.29 is 9.53 Å². The molecule has 1 saturated carbocycles. The highest BCUT2D eigenvalue weighted by molar-refractivity contribution is 5.81. The molecule has 3 rings (SSSR count). The normalized spacial score (nSPS) is 20.6. The molecule has 1 unspecified atom stereocenters. The van der Waals surface area contributed by atoms with Gasteiger partial charge in [-0.1, -0.05) is 31.4 Å². The molecule has 1 aromatic carbocycles. The Hall–Kier alpha value is -2.24. The summed E-state index contributed by atoms with van der Waals surface area (Å²) in [4.78, 5) is 19.3. The molecule has 0 spiro atoms. The van der Waals surface area contributed by atoms with E-state index in [9.17, 15) is 4.79 Å². The molecular formula is C23H36N4O2. The summed E-state index contributed by atoms with van der Waals surface area (Å²) >= 11 is 0. The zero-order valence-corrected chi connectivity index (χ0v) is 18.0. The number of amides is 1. The molecule has 2 N–H and O–H groups in total. The number of rotatable bonds is 7. The first-order valence-corrected chi connectivity index (χ1v) is 11.2. The minimum Gasteiger partial charge on any atom is -0.497 e. The van der Waals surface area contributed by atoms with Gasteiger partial charge in [-0.2, -0.15) is 0 Å². The molecule has 1 amide bonds. The van der Waals surface area contributed by atoms with Crippen molar-refractivity contribution in [1.82, 2.24) is 15.5 Å². The Morgan fingerprint density at radius 1 is 1.17 bits per heavy atom. The molecule has 6 nitrogen and oxygen atoms in total. The average Bonchev–Trinajstić information content (AvgIpc) is 3.24. The van der Waals surface area contributed by atoms with Crippen molar-refractivity contribution in [2.75, 3.05) is 33.3 Å². The van der Waals surface area contributed by atoms with E-state index in [1.807, 2.05) is 12.1 Å². The number of aliphatic imine (C=N–C) groups is 1. The maximum absolute atomic E-state index is 12.2. The number of methoxy groups -OCH3 is 1. The van der Waals surface area contributed by atoms with Gasteiger partial charge in [-0.3, -0.25) is 9.79 Å². The van der Waals surface area contributed by atoms with Crippen molar-refractivity contribution >= 4 is 11.9 Å². The second-order valence-corrected chi connectivity index (χ2v) is 8.09. The minimum absolute atomic E-state index is 0.133. The fourth-order valence-corrected chi connectivity index (χ4v) is 4.34.